The summed E-state index contributed by atoms with van der Waals surface area (Å²) in [6.45, 7) is 0. The predicted octanol–water partition coefficient (Wildman–Crippen LogP) is 12.6. The third-order valence-electron chi connectivity index (χ3n) is 10.3. The zero-order valence-electron chi connectivity index (χ0n) is 26.5. The van der Waals surface area contributed by atoms with Crippen LogP contribution in [-0.4, -0.2) is 9.13 Å². The van der Waals surface area contributed by atoms with Crippen LogP contribution in [0.1, 0.15) is 0 Å². The van der Waals surface area contributed by atoms with Gasteiger partial charge in [-0.05, 0) is 64.9 Å². The van der Waals surface area contributed by atoms with Crippen LogP contribution in [0.3, 0.4) is 0 Å². The molecule has 8 aromatic carbocycles. The molecule has 0 radical (unpaired) electrons. The lowest BCUT2D eigenvalue weighted by Gasteiger charge is -2.11. The first-order valence-corrected chi connectivity index (χ1v) is 16.8. The lowest BCUT2D eigenvalue weighted by Crippen LogP contribution is -1.95. The SMILES string of the molecule is c1ccc2cc(-n3c4ccccc4c4ccc5c(c6ccccc6n5-c5ccc(-c6cccc7c6oc6ccccc67)cc5)c43)ccc2c1. The van der Waals surface area contributed by atoms with Crippen molar-refractivity contribution in [2.24, 2.45) is 0 Å². The van der Waals surface area contributed by atoms with E-state index in [1.165, 1.54) is 60.1 Å². The van der Waals surface area contributed by atoms with Crippen LogP contribution in [0.4, 0.5) is 0 Å². The molecule has 0 aliphatic rings. The molecular weight excluding hydrogens is 597 g/mol. The summed E-state index contributed by atoms with van der Waals surface area (Å²) in [6.07, 6.45) is 0. The highest BCUT2D eigenvalue weighted by Gasteiger charge is 2.21. The Morgan fingerprint density at radius 1 is 0.388 bits per heavy atom. The number of hydrogen-bond acceptors (Lipinski definition) is 1. The van der Waals surface area contributed by atoms with Gasteiger partial charge in [0.05, 0.1) is 22.1 Å². The van der Waals surface area contributed by atoms with Crippen molar-refractivity contribution in [3.05, 3.63) is 170 Å². The van der Waals surface area contributed by atoms with Gasteiger partial charge >= 0.3 is 0 Å². The number of nitrogens with zero attached hydrogens (tertiary/aromatic N) is 2. The summed E-state index contributed by atoms with van der Waals surface area (Å²) in [5.74, 6) is 0. The van der Waals surface area contributed by atoms with Crippen LogP contribution in [-0.2, 0) is 0 Å². The molecule has 0 atom stereocenters. The van der Waals surface area contributed by atoms with Gasteiger partial charge in [0.15, 0.2) is 0 Å². The Labute approximate surface area is 281 Å². The van der Waals surface area contributed by atoms with Gasteiger partial charge in [0.2, 0.25) is 0 Å². The van der Waals surface area contributed by atoms with Crippen LogP contribution in [0.15, 0.2) is 174 Å². The normalized spacial score (nSPS) is 12.1. The molecule has 0 saturated heterocycles. The van der Waals surface area contributed by atoms with Crippen molar-refractivity contribution < 1.29 is 4.42 Å². The van der Waals surface area contributed by atoms with E-state index in [4.69, 9.17) is 4.42 Å². The monoisotopic (exact) mass is 624 g/mol. The lowest BCUT2D eigenvalue weighted by molar-refractivity contribution is 0.670. The molecule has 228 valence electrons. The maximum absolute atomic E-state index is 6.39. The van der Waals surface area contributed by atoms with E-state index < -0.39 is 0 Å². The van der Waals surface area contributed by atoms with Gasteiger partial charge in [-0.2, -0.15) is 0 Å². The van der Waals surface area contributed by atoms with Crippen LogP contribution >= 0.6 is 0 Å². The Hall–Kier alpha value is -6.58. The van der Waals surface area contributed by atoms with Gasteiger partial charge in [-0.3, -0.25) is 0 Å². The van der Waals surface area contributed by atoms with E-state index in [0.29, 0.717) is 0 Å². The summed E-state index contributed by atoms with van der Waals surface area (Å²) < 4.78 is 11.3. The Morgan fingerprint density at radius 2 is 1.06 bits per heavy atom. The molecule has 3 heteroatoms. The third kappa shape index (κ3) is 3.73. The second-order valence-electron chi connectivity index (χ2n) is 12.9. The van der Waals surface area contributed by atoms with Crippen molar-refractivity contribution in [1.29, 1.82) is 0 Å². The first-order chi connectivity index (χ1) is 24.3. The molecule has 3 heterocycles. The van der Waals surface area contributed by atoms with Crippen molar-refractivity contribution in [3.8, 4) is 22.5 Å². The van der Waals surface area contributed by atoms with Gasteiger partial charge in [0.25, 0.3) is 0 Å². The number of fused-ring (bicyclic) bond motifs is 11. The number of furan rings is 1. The van der Waals surface area contributed by atoms with Crippen LogP contribution < -0.4 is 0 Å². The average Bonchev–Trinajstić information content (AvgIpc) is 3.82. The molecule has 11 aromatic rings. The molecular formula is C46H28N2O. The summed E-state index contributed by atoms with van der Waals surface area (Å²) in [4.78, 5) is 0. The Morgan fingerprint density at radius 3 is 1.92 bits per heavy atom. The van der Waals surface area contributed by atoms with Crippen molar-refractivity contribution in [2.45, 2.75) is 0 Å². The van der Waals surface area contributed by atoms with Gasteiger partial charge in [-0.1, -0.05) is 121 Å². The predicted molar refractivity (Wildman–Crippen MR) is 205 cm³/mol. The highest BCUT2D eigenvalue weighted by atomic mass is 16.3. The van der Waals surface area contributed by atoms with E-state index in [9.17, 15) is 0 Å². The molecule has 11 rings (SSSR count). The van der Waals surface area contributed by atoms with Crippen LogP contribution in [0.25, 0.3) is 98.8 Å². The summed E-state index contributed by atoms with van der Waals surface area (Å²) in [5, 5.41) is 9.78. The largest absolute Gasteiger partial charge is 0.455 e. The number of para-hydroxylation sites is 4. The summed E-state index contributed by atoms with van der Waals surface area (Å²) in [6, 6.07) is 61.3. The van der Waals surface area contributed by atoms with E-state index >= 15 is 0 Å². The third-order valence-corrected chi connectivity index (χ3v) is 10.3. The molecule has 0 aliphatic heterocycles. The molecule has 0 amide bonds. The maximum Gasteiger partial charge on any atom is 0.143 e. The molecule has 49 heavy (non-hydrogen) atoms. The van der Waals surface area contributed by atoms with Gasteiger partial charge in [-0.15, -0.1) is 0 Å². The molecule has 3 aromatic heterocycles. The zero-order valence-corrected chi connectivity index (χ0v) is 26.5. The number of aromatic nitrogens is 2. The molecule has 0 saturated carbocycles. The van der Waals surface area contributed by atoms with E-state index in [-0.39, 0.29) is 0 Å². The number of rotatable bonds is 3. The standard InChI is InChI=1S/C46H28N2O/c1-2-11-31-28-33(25-20-29(31)10-1)48-40-17-6-3-12-35(40)37-26-27-42-44(45(37)48)39-14-4-7-18-41(39)47(42)32-23-21-30(22-24-32)34-15-9-16-38-36-13-5-8-19-43(36)49-46(34)38/h1-28H. The fourth-order valence-electron chi connectivity index (χ4n) is 8.14. The van der Waals surface area contributed by atoms with Crippen LogP contribution in [0, 0.1) is 0 Å². The zero-order chi connectivity index (χ0) is 32.1. The van der Waals surface area contributed by atoms with Crippen molar-refractivity contribution in [2.75, 3.05) is 0 Å². The van der Waals surface area contributed by atoms with Crippen molar-refractivity contribution >= 4 is 76.3 Å². The lowest BCUT2D eigenvalue weighted by atomic mass is 10.0. The van der Waals surface area contributed by atoms with Gasteiger partial charge in [0.1, 0.15) is 11.2 Å². The molecule has 0 fully saturated rings. The molecule has 3 nitrogen and oxygen atoms in total. The number of hydrogen-bond donors (Lipinski definition) is 0. The highest BCUT2D eigenvalue weighted by molar-refractivity contribution is 6.26. The first kappa shape index (κ1) is 26.5. The smallest absolute Gasteiger partial charge is 0.143 e. The fraction of sp³-hybridized carbons (Fsp3) is 0. The average molecular weight is 625 g/mol. The topological polar surface area (TPSA) is 23.0 Å². The van der Waals surface area contributed by atoms with Crippen molar-refractivity contribution in [3.63, 3.8) is 0 Å². The Kier molecular flexibility index (Phi) is 5.38. The fourth-order valence-corrected chi connectivity index (χ4v) is 8.14. The van der Waals surface area contributed by atoms with Gasteiger partial charge in [-0.25, -0.2) is 0 Å². The van der Waals surface area contributed by atoms with E-state index in [1.807, 2.05) is 12.1 Å². The Bertz CT molecular complexity index is 3100. The molecule has 0 spiro atoms. The highest BCUT2D eigenvalue weighted by Crippen LogP contribution is 2.43. The minimum Gasteiger partial charge on any atom is -0.455 e. The molecule has 0 bridgehead atoms. The second kappa shape index (κ2) is 9.96. The minimum absolute atomic E-state index is 0.916. The minimum atomic E-state index is 0.916. The van der Waals surface area contributed by atoms with E-state index in [0.717, 1.165) is 38.8 Å². The van der Waals surface area contributed by atoms with Crippen LogP contribution in [0.5, 0.6) is 0 Å². The molecule has 0 unspecified atom stereocenters. The summed E-state index contributed by atoms with van der Waals surface area (Å²) in [7, 11) is 0. The summed E-state index contributed by atoms with van der Waals surface area (Å²) >= 11 is 0. The second-order valence-corrected chi connectivity index (χ2v) is 12.9. The van der Waals surface area contributed by atoms with E-state index in [1.54, 1.807) is 0 Å². The molecule has 0 aliphatic carbocycles. The quantitative estimate of drug-likeness (QED) is 0.192. The van der Waals surface area contributed by atoms with Crippen molar-refractivity contribution in [1.82, 2.24) is 9.13 Å². The van der Waals surface area contributed by atoms with E-state index in [2.05, 4.69) is 167 Å². The van der Waals surface area contributed by atoms with Crippen LogP contribution in [0.2, 0.25) is 0 Å². The molecule has 0 N–H and O–H groups in total. The first-order valence-electron chi connectivity index (χ1n) is 16.8. The Balaban J connectivity index is 1.16. The maximum atomic E-state index is 6.39. The summed E-state index contributed by atoms with van der Waals surface area (Å²) in [5.41, 5.74) is 11.2. The number of benzene rings is 8. The van der Waals surface area contributed by atoms with Gasteiger partial charge < -0.3 is 13.6 Å². The van der Waals surface area contributed by atoms with Gasteiger partial charge in [0, 0.05) is 49.3 Å².